The van der Waals surface area contributed by atoms with Crippen molar-refractivity contribution in [2.45, 2.75) is 20.3 Å². The predicted octanol–water partition coefficient (Wildman–Crippen LogP) is 2.99. The summed E-state index contributed by atoms with van der Waals surface area (Å²) in [6.45, 7) is 4.62. The van der Waals surface area contributed by atoms with Crippen LogP contribution in [-0.4, -0.2) is 29.2 Å². The van der Waals surface area contributed by atoms with Gasteiger partial charge in [0, 0.05) is 12.4 Å². The fraction of sp³-hybridized carbons (Fsp3) is 0.500. The van der Waals surface area contributed by atoms with Crippen LogP contribution in [0.3, 0.4) is 0 Å². The van der Waals surface area contributed by atoms with Crippen LogP contribution in [0.2, 0.25) is 0 Å². The van der Waals surface area contributed by atoms with E-state index >= 15 is 0 Å². The summed E-state index contributed by atoms with van der Waals surface area (Å²) in [7, 11) is 0. The lowest BCUT2D eigenvalue weighted by Gasteiger charge is -2.19. The lowest BCUT2D eigenvalue weighted by Crippen LogP contribution is -2.26. The SMILES string of the molecule is CCC(C)COC(=O)N1C=CC2=NCSC2=C1. The quantitative estimate of drug-likeness (QED) is 0.775. The summed E-state index contributed by atoms with van der Waals surface area (Å²) in [5.74, 6) is 1.14. The van der Waals surface area contributed by atoms with E-state index in [0.717, 1.165) is 22.9 Å². The second-order valence-electron chi connectivity index (χ2n) is 4.12. The van der Waals surface area contributed by atoms with Crippen LogP contribution in [0.5, 0.6) is 0 Å². The van der Waals surface area contributed by atoms with Crippen LogP contribution in [0, 0.1) is 5.92 Å². The molecule has 17 heavy (non-hydrogen) atoms. The van der Waals surface area contributed by atoms with Gasteiger partial charge < -0.3 is 4.74 Å². The number of thioether (sulfide) groups is 1. The lowest BCUT2D eigenvalue weighted by atomic mass is 10.1. The highest BCUT2D eigenvalue weighted by molar-refractivity contribution is 8.04. The number of hydrogen-bond acceptors (Lipinski definition) is 4. The van der Waals surface area contributed by atoms with Crippen molar-refractivity contribution in [3.63, 3.8) is 0 Å². The highest BCUT2D eigenvalue weighted by atomic mass is 32.2. The van der Waals surface area contributed by atoms with Gasteiger partial charge in [0.2, 0.25) is 0 Å². The van der Waals surface area contributed by atoms with Crippen molar-refractivity contribution in [3.05, 3.63) is 23.4 Å². The van der Waals surface area contributed by atoms with Crippen molar-refractivity contribution in [2.75, 3.05) is 12.5 Å². The number of hydrogen-bond donors (Lipinski definition) is 0. The molecule has 92 valence electrons. The topological polar surface area (TPSA) is 41.9 Å². The molecule has 2 heterocycles. The van der Waals surface area contributed by atoms with E-state index in [1.54, 1.807) is 24.2 Å². The maximum absolute atomic E-state index is 11.8. The fourth-order valence-corrected chi connectivity index (χ4v) is 2.21. The Kier molecular flexibility index (Phi) is 3.89. The Hall–Kier alpha value is -1.23. The van der Waals surface area contributed by atoms with Crippen LogP contribution in [0.1, 0.15) is 20.3 Å². The second-order valence-corrected chi connectivity index (χ2v) is 5.11. The van der Waals surface area contributed by atoms with Crippen LogP contribution < -0.4 is 0 Å². The third-order valence-electron chi connectivity index (χ3n) is 2.76. The van der Waals surface area contributed by atoms with E-state index in [1.165, 1.54) is 4.90 Å². The van der Waals surface area contributed by atoms with E-state index in [4.69, 9.17) is 4.74 Å². The van der Waals surface area contributed by atoms with E-state index < -0.39 is 0 Å². The number of carbonyl (C=O) groups excluding carboxylic acids is 1. The summed E-state index contributed by atoms with van der Waals surface area (Å²) in [6.07, 6.45) is 6.03. The summed E-state index contributed by atoms with van der Waals surface area (Å²) in [5.41, 5.74) is 0.959. The third-order valence-corrected chi connectivity index (χ3v) is 3.64. The number of fused-ring (bicyclic) bond motifs is 1. The minimum atomic E-state index is -0.319. The molecule has 2 aliphatic heterocycles. The number of nitrogens with zero attached hydrogens (tertiary/aromatic N) is 2. The first kappa shape index (κ1) is 12.2. The summed E-state index contributed by atoms with van der Waals surface area (Å²) in [6, 6.07) is 0. The number of carbonyl (C=O) groups is 1. The Balaban J connectivity index is 1.91. The first-order valence-electron chi connectivity index (χ1n) is 5.73. The molecule has 0 aliphatic carbocycles. The molecule has 0 aromatic heterocycles. The summed E-state index contributed by atoms with van der Waals surface area (Å²) < 4.78 is 5.22. The number of allylic oxidation sites excluding steroid dienone is 2. The molecular weight excluding hydrogens is 236 g/mol. The summed E-state index contributed by atoms with van der Waals surface area (Å²) in [5, 5.41) is 0. The van der Waals surface area contributed by atoms with Crippen molar-refractivity contribution < 1.29 is 9.53 Å². The molecule has 1 amide bonds. The van der Waals surface area contributed by atoms with Gasteiger partial charge in [-0.3, -0.25) is 9.89 Å². The van der Waals surface area contributed by atoms with Gasteiger partial charge in [-0.1, -0.05) is 32.0 Å². The van der Waals surface area contributed by atoms with Gasteiger partial charge in [-0.2, -0.15) is 0 Å². The van der Waals surface area contributed by atoms with Gasteiger partial charge in [-0.25, -0.2) is 4.79 Å². The molecule has 0 fully saturated rings. The standard InChI is InChI=1S/C12H16N2O2S/c1-3-9(2)7-16-12(15)14-5-4-10-11(6-14)17-8-13-10/h4-6,9H,3,7-8H2,1-2H3. The van der Waals surface area contributed by atoms with Gasteiger partial charge in [-0.05, 0) is 12.0 Å². The average Bonchev–Trinajstić information content (AvgIpc) is 2.82. The van der Waals surface area contributed by atoms with Crippen molar-refractivity contribution in [1.29, 1.82) is 0 Å². The lowest BCUT2D eigenvalue weighted by molar-refractivity contribution is 0.112. The number of ether oxygens (including phenoxy) is 1. The Morgan fingerprint density at radius 1 is 1.71 bits per heavy atom. The molecule has 0 saturated heterocycles. The van der Waals surface area contributed by atoms with E-state index in [-0.39, 0.29) is 6.09 Å². The van der Waals surface area contributed by atoms with Gasteiger partial charge in [0.15, 0.2) is 0 Å². The highest BCUT2D eigenvalue weighted by Gasteiger charge is 2.21. The molecule has 1 unspecified atom stereocenters. The molecule has 0 saturated carbocycles. The molecule has 0 aromatic rings. The molecule has 0 N–H and O–H groups in total. The van der Waals surface area contributed by atoms with E-state index in [2.05, 4.69) is 18.8 Å². The first-order chi connectivity index (χ1) is 8.20. The second kappa shape index (κ2) is 5.40. The van der Waals surface area contributed by atoms with Gasteiger partial charge in [-0.15, -0.1) is 0 Å². The van der Waals surface area contributed by atoms with E-state index in [0.29, 0.717) is 12.5 Å². The van der Waals surface area contributed by atoms with Crippen molar-refractivity contribution in [1.82, 2.24) is 4.90 Å². The predicted molar refractivity (Wildman–Crippen MR) is 69.8 cm³/mol. The Morgan fingerprint density at radius 3 is 3.29 bits per heavy atom. The minimum absolute atomic E-state index is 0.319. The zero-order valence-electron chi connectivity index (χ0n) is 10.0. The largest absolute Gasteiger partial charge is 0.449 e. The van der Waals surface area contributed by atoms with Gasteiger partial charge in [0.05, 0.1) is 23.1 Å². The first-order valence-corrected chi connectivity index (χ1v) is 6.72. The van der Waals surface area contributed by atoms with Crippen molar-refractivity contribution in [2.24, 2.45) is 10.9 Å². The molecule has 2 rings (SSSR count). The average molecular weight is 252 g/mol. The van der Waals surface area contributed by atoms with Gasteiger partial charge in [0.25, 0.3) is 0 Å². The van der Waals surface area contributed by atoms with Gasteiger partial charge in [0.1, 0.15) is 0 Å². The fourth-order valence-electron chi connectivity index (χ4n) is 1.40. The van der Waals surface area contributed by atoms with Crippen LogP contribution in [0.15, 0.2) is 28.4 Å². The van der Waals surface area contributed by atoms with Crippen LogP contribution in [0.25, 0.3) is 0 Å². The maximum Gasteiger partial charge on any atom is 0.417 e. The smallest absolute Gasteiger partial charge is 0.417 e. The van der Waals surface area contributed by atoms with E-state index in [1.807, 2.05) is 6.08 Å². The number of aliphatic imine (C=N–C) groups is 1. The molecule has 0 radical (unpaired) electrons. The summed E-state index contributed by atoms with van der Waals surface area (Å²) in [4.78, 5) is 18.6. The van der Waals surface area contributed by atoms with Gasteiger partial charge >= 0.3 is 6.09 Å². The molecule has 4 nitrogen and oxygen atoms in total. The third kappa shape index (κ3) is 2.91. The monoisotopic (exact) mass is 252 g/mol. The molecule has 0 bridgehead atoms. The number of amides is 1. The Morgan fingerprint density at radius 2 is 2.53 bits per heavy atom. The van der Waals surface area contributed by atoms with E-state index in [9.17, 15) is 4.79 Å². The minimum Gasteiger partial charge on any atom is -0.449 e. The molecular formula is C12H16N2O2S. The highest BCUT2D eigenvalue weighted by Crippen LogP contribution is 2.28. The molecule has 2 aliphatic rings. The molecule has 0 spiro atoms. The Labute approximate surface area is 105 Å². The zero-order valence-corrected chi connectivity index (χ0v) is 10.9. The zero-order chi connectivity index (χ0) is 12.3. The summed E-state index contributed by atoms with van der Waals surface area (Å²) >= 11 is 1.63. The van der Waals surface area contributed by atoms with Crippen LogP contribution in [0.4, 0.5) is 4.79 Å². The molecule has 1 atom stereocenters. The Bertz CT molecular complexity index is 401. The normalized spacial score (nSPS) is 19.5. The molecule has 0 aromatic carbocycles. The maximum atomic E-state index is 11.8. The molecule has 5 heteroatoms. The van der Waals surface area contributed by atoms with Crippen molar-refractivity contribution in [3.8, 4) is 0 Å². The number of rotatable bonds is 3. The van der Waals surface area contributed by atoms with Crippen LogP contribution in [-0.2, 0) is 4.74 Å². The van der Waals surface area contributed by atoms with Crippen molar-refractivity contribution >= 4 is 23.6 Å². The van der Waals surface area contributed by atoms with Crippen LogP contribution >= 0.6 is 11.8 Å².